The van der Waals surface area contributed by atoms with Gasteiger partial charge in [0.2, 0.25) is 11.8 Å². The van der Waals surface area contributed by atoms with Crippen LogP contribution in [0.15, 0.2) is 25.3 Å². The van der Waals surface area contributed by atoms with E-state index in [2.05, 4.69) is 23.8 Å². The molecule has 0 aromatic carbocycles. The monoisotopic (exact) mass is 186 g/mol. The van der Waals surface area contributed by atoms with E-state index in [-0.39, 0.29) is 33.3 Å². The first-order valence-corrected chi connectivity index (χ1v) is 3.01. The van der Waals surface area contributed by atoms with E-state index < -0.39 is 0 Å². The summed E-state index contributed by atoms with van der Waals surface area (Å²) in [6.45, 7) is 6.56. The number of hydrogen-bond donors (Lipinski definition) is 2. The second-order valence-corrected chi connectivity index (χ2v) is 1.67. The van der Waals surface area contributed by atoms with Crippen molar-refractivity contribution in [2.24, 2.45) is 0 Å². The molecule has 0 atom stereocenters. The van der Waals surface area contributed by atoms with E-state index in [0.29, 0.717) is 0 Å². The summed E-state index contributed by atoms with van der Waals surface area (Å²) < 4.78 is 0. The van der Waals surface area contributed by atoms with E-state index in [1.54, 1.807) is 0 Å². The lowest BCUT2D eigenvalue weighted by atomic mass is 10.5. The molecule has 4 heteroatoms. The smallest absolute Gasteiger partial charge is 0.244 e. The third-order valence-corrected chi connectivity index (χ3v) is 0.896. The van der Waals surface area contributed by atoms with Crippen LogP contribution in [0.1, 0.15) is 14.9 Å². The van der Waals surface area contributed by atoms with Gasteiger partial charge in [0.1, 0.15) is 0 Å². The zero-order chi connectivity index (χ0) is 8.69. The van der Waals surface area contributed by atoms with E-state index in [4.69, 9.17) is 0 Å². The first-order valence-electron chi connectivity index (χ1n) is 3.01. The van der Waals surface area contributed by atoms with E-state index in [1.807, 2.05) is 0 Å². The van der Waals surface area contributed by atoms with Crippen LogP contribution in [0.25, 0.3) is 0 Å². The normalized spacial score (nSPS) is 6.77. The van der Waals surface area contributed by atoms with Gasteiger partial charge < -0.3 is 10.6 Å². The van der Waals surface area contributed by atoms with Gasteiger partial charge in [0.15, 0.2) is 0 Å². The molecule has 0 fully saturated rings. The number of carbonyl (C=O) groups excluding carboxylic acids is 2. The number of hydrogen-bond acceptors (Lipinski definition) is 2. The number of carbonyl (C=O) groups is 2. The molecule has 0 radical (unpaired) electrons. The molecule has 0 aromatic heterocycles. The minimum Gasteiger partial charge on any atom is -0.335 e. The second kappa shape index (κ2) is 10.4. The topological polar surface area (TPSA) is 58.2 Å². The molecule has 0 aliphatic carbocycles. The van der Waals surface area contributed by atoms with E-state index in [0.717, 1.165) is 12.2 Å². The summed E-state index contributed by atoms with van der Waals surface area (Å²) in [6, 6.07) is 0. The summed E-state index contributed by atoms with van der Waals surface area (Å²) >= 11 is 0. The Balaban J connectivity index is -0.000000500. The van der Waals surface area contributed by atoms with Gasteiger partial charge in [0.05, 0.1) is 6.67 Å². The van der Waals surface area contributed by atoms with Crippen molar-refractivity contribution in [3.8, 4) is 0 Å². The van der Waals surface area contributed by atoms with Crippen LogP contribution in [-0.2, 0) is 9.59 Å². The van der Waals surface area contributed by atoms with Crippen LogP contribution in [0.2, 0.25) is 0 Å². The van der Waals surface area contributed by atoms with Crippen LogP contribution in [0.5, 0.6) is 0 Å². The Labute approximate surface area is 79.7 Å². The van der Waals surface area contributed by atoms with Gasteiger partial charge in [-0.2, -0.15) is 0 Å². The molecule has 76 valence electrons. The molecule has 13 heavy (non-hydrogen) atoms. The van der Waals surface area contributed by atoms with Crippen molar-refractivity contribution in [2.75, 3.05) is 6.67 Å². The average Bonchev–Trinajstić information content (AvgIpc) is 2.04. The van der Waals surface area contributed by atoms with Gasteiger partial charge in [-0.1, -0.05) is 28.0 Å². The van der Waals surface area contributed by atoms with Crippen LogP contribution in [-0.4, -0.2) is 18.5 Å². The molecular formula is C9H18N2O2. The zero-order valence-electron chi connectivity index (χ0n) is 6.09. The van der Waals surface area contributed by atoms with Crippen LogP contribution in [0.3, 0.4) is 0 Å². The maximum atomic E-state index is 10.5. The molecule has 0 aliphatic rings. The highest BCUT2D eigenvalue weighted by Gasteiger charge is 1.93. The van der Waals surface area contributed by atoms with Crippen molar-refractivity contribution in [1.82, 2.24) is 10.6 Å². The number of amides is 2. The summed E-state index contributed by atoms with van der Waals surface area (Å²) in [6.07, 6.45) is 2.25. The molecule has 0 aromatic rings. The number of nitrogens with one attached hydrogen (secondary N) is 2. The van der Waals surface area contributed by atoms with Crippen LogP contribution in [0.4, 0.5) is 0 Å². The first-order chi connectivity index (χ1) is 5.20. The van der Waals surface area contributed by atoms with Crippen molar-refractivity contribution in [1.29, 1.82) is 0 Å². The molecule has 0 rings (SSSR count). The molecular weight excluding hydrogens is 168 g/mol. The maximum absolute atomic E-state index is 10.5. The van der Waals surface area contributed by atoms with Gasteiger partial charge in [0.25, 0.3) is 0 Å². The lowest BCUT2D eigenvalue weighted by Crippen LogP contribution is -2.35. The van der Waals surface area contributed by atoms with E-state index in [9.17, 15) is 9.59 Å². The summed E-state index contributed by atoms with van der Waals surface area (Å²) in [7, 11) is 0. The second-order valence-electron chi connectivity index (χ2n) is 1.67. The average molecular weight is 186 g/mol. The summed E-state index contributed by atoms with van der Waals surface area (Å²) in [5, 5.41) is 4.72. The minimum absolute atomic E-state index is 0. The molecule has 0 unspecified atom stereocenters. The van der Waals surface area contributed by atoms with E-state index in [1.165, 1.54) is 0 Å². The van der Waals surface area contributed by atoms with Crippen LogP contribution >= 0.6 is 0 Å². The van der Waals surface area contributed by atoms with Crippen molar-refractivity contribution in [2.45, 2.75) is 14.9 Å². The first kappa shape index (κ1) is 17.5. The Bertz CT molecular complexity index is 168. The molecule has 0 saturated carbocycles. The standard InChI is InChI=1S/C7H10N2O2.2CH4/c1-3-6(10)8-5-9-7(11)4-2;;/h3-4H,1-2,5H2,(H,8,10)(H,9,11);2*1H4. The van der Waals surface area contributed by atoms with Gasteiger partial charge in [0, 0.05) is 0 Å². The molecule has 0 bridgehead atoms. The molecule has 2 amide bonds. The molecule has 0 heterocycles. The van der Waals surface area contributed by atoms with E-state index >= 15 is 0 Å². The predicted molar refractivity (Wildman–Crippen MR) is 55.0 cm³/mol. The Morgan fingerprint density at radius 1 is 1.00 bits per heavy atom. The van der Waals surface area contributed by atoms with Gasteiger partial charge in [-0.25, -0.2) is 0 Å². The highest BCUT2D eigenvalue weighted by molar-refractivity contribution is 5.89. The number of rotatable bonds is 4. The molecule has 0 saturated heterocycles. The van der Waals surface area contributed by atoms with Crippen molar-refractivity contribution in [3.05, 3.63) is 25.3 Å². The van der Waals surface area contributed by atoms with Crippen molar-refractivity contribution in [3.63, 3.8) is 0 Å². The Hall–Kier alpha value is -1.58. The fourth-order valence-electron chi connectivity index (χ4n) is 0.363. The fraction of sp³-hybridized carbons (Fsp3) is 0.333. The highest BCUT2D eigenvalue weighted by atomic mass is 16.2. The Morgan fingerprint density at radius 3 is 1.54 bits per heavy atom. The Morgan fingerprint density at radius 2 is 1.31 bits per heavy atom. The summed E-state index contributed by atoms with van der Waals surface area (Å²) in [5.74, 6) is -0.649. The molecule has 0 spiro atoms. The van der Waals surface area contributed by atoms with Crippen molar-refractivity contribution >= 4 is 11.8 Å². The molecule has 4 nitrogen and oxygen atoms in total. The third kappa shape index (κ3) is 10.4. The quantitative estimate of drug-likeness (QED) is 0.504. The highest BCUT2D eigenvalue weighted by Crippen LogP contribution is 1.65. The van der Waals surface area contributed by atoms with Crippen LogP contribution < -0.4 is 10.6 Å². The zero-order valence-corrected chi connectivity index (χ0v) is 6.09. The lowest BCUT2D eigenvalue weighted by Gasteiger charge is -2.01. The van der Waals surface area contributed by atoms with Crippen molar-refractivity contribution < 1.29 is 9.59 Å². The van der Waals surface area contributed by atoms with Gasteiger partial charge in [-0.15, -0.1) is 0 Å². The van der Waals surface area contributed by atoms with Gasteiger partial charge >= 0.3 is 0 Å². The van der Waals surface area contributed by atoms with Gasteiger partial charge in [-0.05, 0) is 12.2 Å². The summed E-state index contributed by atoms with van der Waals surface area (Å²) in [5.41, 5.74) is 0. The van der Waals surface area contributed by atoms with Crippen LogP contribution in [0, 0.1) is 0 Å². The molecule has 0 aliphatic heterocycles. The summed E-state index contributed by atoms with van der Waals surface area (Å²) in [4.78, 5) is 21.0. The molecule has 2 N–H and O–H groups in total. The SMILES string of the molecule is C.C.C=CC(=O)NCNC(=O)C=C. The predicted octanol–water partition coefficient (Wildman–Crippen LogP) is 0.820. The lowest BCUT2D eigenvalue weighted by molar-refractivity contribution is -0.118. The Kier molecular flexibility index (Phi) is 14.0. The fourth-order valence-corrected chi connectivity index (χ4v) is 0.363. The van der Waals surface area contributed by atoms with Gasteiger partial charge in [-0.3, -0.25) is 9.59 Å². The maximum Gasteiger partial charge on any atom is 0.244 e. The third-order valence-electron chi connectivity index (χ3n) is 0.896. The largest absolute Gasteiger partial charge is 0.335 e. The minimum atomic E-state index is -0.325.